The third kappa shape index (κ3) is 3.53. The van der Waals surface area contributed by atoms with Crippen molar-refractivity contribution in [2.45, 2.75) is 26.2 Å². The van der Waals surface area contributed by atoms with Gasteiger partial charge in [-0.15, -0.1) is 0 Å². The smallest absolute Gasteiger partial charge is 0.122 e. The lowest BCUT2D eigenvalue weighted by Crippen LogP contribution is -1.95. The van der Waals surface area contributed by atoms with Crippen molar-refractivity contribution in [3.05, 3.63) is 59.2 Å². The molecule has 20 heavy (non-hydrogen) atoms. The van der Waals surface area contributed by atoms with E-state index in [2.05, 4.69) is 37.3 Å². The van der Waals surface area contributed by atoms with Crippen LogP contribution in [-0.2, 0) is 19.3 Å². The van der Waals surface area contributed by atoms with E-state index in [4.69, 9.17) is 9.47 Å². The summed E-state index contributed by atoms with van der Waals surface area (Å²) in [5.74, 6) is 1.91. The molecular weight excluding hydrogens is 248 g/mol. The molecule has 2 nitrogen and oxygen atoms in total. The third-order valence-corrected chi connectivity index (χ3v) is 3.59. The normalized spacial score (nSPS) is 10.3. The highest BCUT2D eigenvalue weighted by Crippen LogP contribution is 2.22. The van der Waals surface area contributed by atoms with Crippen molar-refractivity contribution in [1.82, 2.24) is 0 Å². The van der Waals surface area contributed by atoms with Crippen LogP contribution in [0.15, 0.2) is 42.5 Å². The van der Waals surface area contributed by atoms with Crippen LogP contribution in [0.2, 0.25) is 0 Å². The zero-order chi connectivity index (χ0) is 14.4. The summed E-state index contributed by atoms with van der Waals surface area (Å²) in [5.41, 5.74) is 3.90. The van der Waals surface area contributed by atoms with Gasteiger partial charge in [0.2, 0.25) is 0 Å². The first kappa shape index (κ1) is 14.4. The van der Waals surface area contributed by atoms with E-state index in [0.717, 1.165) is 30.8 Å². The van der Waals surface area contributed by atoms with Crippen molar-refractivity contribution in [3.63, 3.8) is 0 Å². The molecule has 0 saturated carbocycles. The van der Waals surface area contributed by atoms with E-state index in [1.807, 2.05) is 12.1 Å². The Hall–Kier alpha value is -1.96. The van der Waals surface area contributed by atoms with Gasteiger partial charge in [0, 0.05) is 0 Å². The van der Waals surface area contributed by atoms with Crippen molar-refractivity contribution >= 4 is 0 Å². The van der Waals surface area contributed by atoms with Gasteiger partial charge in [-0.05, 0) is 54.2 Å². The number of methoxy groups -OCH3 is 2. The molecule has 2 aromatic carbocycles. The molecule has 0 unspecified atom stereocenters. The molecule has 2 aromatic rings. The fourth-order valence-corrected chi connectivity index (χ4v) is 2.32. The fraction of sp³-hybridized carbons (Fsp3) is 0.333. The molecule has 0 amide bonds. The molecule has 2 rings (SSSR count). The average molecular weight is 270 g/mol. The van der Waals surface area contributed by atoms with E-state index in [1.54, 1.807) is 14.2 Å². The molecular formula is C18H22O2. The summed E-state index contributed by atoms with van der Waals surface area (Å²) >= 11 is 0. The van der Waals surface area contributed by atoms with E-state index < -0.39 is 0 Å². The van der Waals surface area contributed by atoms with Crippen molar-refractivity contribution in [2.24, 2.45) is 0 Å². The van der Waals surface area contributed by atoms with Gasteiger partial charge in [0.25, 0.3) is 0 Å². The fourth-order valence-electron chi connectivity index (χ4n) is 2.32. The molecule has 106 valence electrons. The molecule has 0 aromatic heterocycles. The van der Waals surface area contributed by atoms with Crippen molar-refractivity contribution in [2.75, 3.05) is 14.2 Å². The minimum absolute atomic E-state index is 0.905. The number of rotatable bonds is 6. The first-order valence-electron chi connectivity index (χ1n) is 7.05. The minimum atomic E-state index is 0.905. The van der Waals surface area contributed by atoms with Crippen molar-refractivity contribution in [3.8, 4) is 11.5 Å². The molecule has 0 spiro atoms. The molecule has 0 radical (unpaired) electrons. The second kappa shape index (κ2) is 6.99. The summed E-state index contributed by atoms with van der Waals surface area (Å²) in [5, 5.41) is 0. The average Bonchev–Trinajstić information content (AvgIpc) is 2.53. The lowest BCUT2D eigenvalue weighted by atomic mass is 10.0. The number of aryl methyl sites for hydroxylation is 3. The summed E-state index contributed by atoms with van der Waals surface area (Å²) in [6.45, 7) is 2.15. The zero-order valence-corrected chi connectivity index (χ0v) is 12.5. The van der Waals surface area contributed by atoms with E-state index in [1.165, 1.54) is 16.7 Å². The topological polar surface area (TPSA) is 18.5 Å². The number of benzene rings is 2. The van der Waals surface area contributed by atoms with Crippen LogP contribution in [0.1, 0.15) is 23.6 Å². The Morgan fingerprint density at radius 2 is 1.45 bits per heavy atom. The predicted octanol–water partition coefficient (Wildman–Crippen LogP) is 4.05. The Kier molecular flexibility index (Phi) is 5.05. The van der Waals surface area contributed by atoms with E-state index in [0.29, 0.717) is 0 Å². The van der Waals surface area contributed by atoms with E-state index in [-0.39, 0.29) is 0 Å². The van der Waals surface area contributed by atoms with Crippen LogP contribution in [0, 0.1) is 0 Å². The standard InChI is InChI=1S/C18H22O2/c1-4-16-10-7-15(13-18(16)20-3)6-5-14-8-11-17(19-2)12-9-14/h7-13H,4-6H2,1-3H3. The Bertz CT molecular complexity index is 544. The van der Waals surface area contributed by atoms with Gasteiger partial charge in [-0.1, -0.05) is 31.2 Å². The highest BCUT2D eigenvalue weighted by Gasteiger charge is 2.03. The summed E-state index contributed by atoms with van der Waals surface area (Å²) in [7, 11) is 3.43. The maximum Gasteiger partial charge on any atom is 0.122 e. The van der Waals surface area contributed by atoms with Gasteiger partial charge in [0.15, 0.2) is 0 Å². The highest BCUT2D eigenvalue weighted by molar-refractivity contribution is 5.38. The lowest BCUT2D eigenvalue weighted by Gasteiger charge is -2.09. The van der Waals surface area contributed by atoms with E-state index in [9.17, 15) is 0 Å². The van der Waals surface area contributed by atoms with Gasteiger partial charge < -0.3 is 9.47 Å². The molecule has 0 bridgehead atoms. The maximum atomic E-state index is 5.44. The molecule has 0 fully saturated rings. The summed E-state index contributed by atoms with van der Waals surface area (Å²) in [6.07, 6.45) is 3.05. The van der Waals surface area contributed by atoms with Gasteiger partial charge in [0.1, 0.15) is 11.5 Å². The van der Waals surface area contributed by atoms with Gasteiger partial charge >= 0.3 is 0 Å². The molecule has 0 saturated heterocycles. The summed E-state index contributed by atoms with van der Waals surface area (Å²) in [6, 6.07) is 14.8. The van der Waals surface area contributed by atoms with Crippen LogP contribution in [-0.4, -0.2) is 14.2 Å². The van der Waals surface area contributed by atoms with Crippen LogP contribution in [0.4, 0.5) is 0 Å². The Morgan fingerprint density at radius 1 is 0.800 bits per heavy atom. The molecule has 0 aliphatic heterocycles. The van der Waals surface area contributed by atoms with Gasteiger partial charge in [-0.25, -0.2) is 0 Å². The third-order valence-electron chi connectivity index (χ3n) is 3.59. The SMILES string of the molecule is CCc1ccc(CCc2ccc(OC)cc2)cc1OC. The Labute approximate surface area is 121 Å². The van der Waals surface area contributed by atoms with Crippen LogP contribution < -0.4 is 9.47 Å². The van der Waals surface area contributed by atoms with Crippen LogP contribution in [0.3, 0.4) is 0 Å². The molecule has 0 N–H and O–H groups in total. The summed E-state index contributed by atoms with van der Waals surface area (Å²) < 4.78 is 10.6. The van der Waals surface area contributed by atoms with Crippen LogP contribution >= 0.6 is 0 Å². The number of ether oxygens (including phenoxy) is 2. The Morgan fingerprint density at radius 3 is 2.05 bits per heavy atom. The molecule has 2 heteroatoms. The first-order chi connectivity index (χ1) is 9.76. The van der Waals surface area contributed by atoms with Crippen molar-refractivity contribution in [1.29, 1.82) is 0 Å². The monoisotopic (exact) mass is 270 g/mol. The number of hydrogen-bond acceptors (Lipinski definition) is 2. The highest BCUT2D eigenvalue weighted by atomic mass is 16.5. The lowest BCUT2D eigenvalue weighted by molar-refractivity contribution is 0.409. The van der Waals surface area contributed by atoms with E-state index >= 15 is 0 Å². The second-order valence-corrected chi connectivity index (χ2v) is 4.85. The van der Waals surface area contributed by atoms with Crippen LogP contribution in [0.25, 0.3) is 0 Å². The minimum Gasteiger partial charge on any atom is -0.497 e. The predicted molar refractivity (Wildman–Crippen MR) is 82.8 cm³/mol. The summed E-state index contributed by atoms with van der Waals surface area (Å²) in [4.78, 5) is 0. The maximum absolute atomic E-state index is 5.44. The molecule has 0 atom stereocenters. The molecule has 0 heterocycles. The molecule has 0 aliphatic rings. The van der Waals surface area contributed by atoms with Gasteiger partial charge in [0.05, 0.1) is 14.2 Å². The largest absolute Gasteiger partial charge is 0.497 e. The Balaban J connectivity index is 2.02. The molecule has 0 aliphatic carbocycles. The number of hydrogen-bond donors (Lipinski definition) is 0. The van der Waals surface area contributed by atoms with Crippen LogP contribution in [0.5, 0.6) is 11.5 Å². The van der Waals surface area contributed by atoms with Gasteiger partial charge in [-0.3, -0.25) is 0 Å². The second-order valence-electron chi connectivity index (χ2n) is 4.85. The zero-order valence-electron chi connectivity index (χ0n) is 12.5. The van der Waals surface area contributed by atoms with Crippen molar-refractivity contribution < 1.29 is 9.47 Å². The van der Waals surface area contributed by atoms with Gasteiger partial charge in [-0.2, -0.15) is 0 Å². The quantitative estimate of drug-likeness (QED) is 0.788. The first-order valence-corrected chi connectivity index (χ1v) is 7.05.